The minimum atomic E-state index is 0.436. The Balaban J connectivity index is 2.35. The molecule has 0 spiro atoms. The molecule has 0 saturated heterocycles. The van der Waals surface area contributed by atoms with Crippen molar-refractivity contribution < 1.29 is 4.52 Å². The van der Waals surface area contributed by atoms with E-state index in [0.29, 0.717) is 18.1 Å². The summed E-state index contributed by atoms with van der Waals surface area (Å²) in [4.78, 5) is 8.03. The Kier molecular flexibility index (Phi) is 1.84. The van der Waals surface area contributed by atoms with Crippen LogP contribution in [0.3, 0.4) is 0 Å². The van der Waals surface area contributed by atoms with Gasteiger partial charge in [-0.2, -0.15) is 4.98 Å². The van der Waals surface area contributed by atoms with Gasteiger partial charge in [0.1, 0.15) is 10.7 Å². The molecule has 0 aliphatic carbocycles. The largest absolute Gasteiger partial charge is 0.333 e. The summed E-state index contributed by atoms with van der Waals surface area (Å²) in [7, 11) is 0. The number of rotatable bonds is 2. The number of aromatic nitrogens is 3. The molecular formula is C6H6N4OS. The maximum Gasteiger partial charge on any atom is 0.277 e. The van der Waals surface area contributed by atoms with Crippen LogP contribution in [0.15, 0.2) is 16.2 Å². The maximum atomic E-state index is 5.40. The number of nitrogens with two attached hydrogens (primary N) is 1. The summed E-state index contributed by atoms with van der Waals surface area (Å²) in [5.41, 5.74) is 6.09. The predicted octanol–water partition coefficient (Wildman–Crippen LogP) is 0.652. The van der Waals surface area contributed by atoms with E-state index in [0.717, 1.165) is 5.01 Å². The summed E-state index contributed by atoms with van der Waals surface area (Å²) in [6.45, 7) is 0.443. The first-order valence-corrected chi connectivity index (χ1v) is 4.19. The van der Waals surface area contributed by atoms with E-state index in [9.17, 15) is 0 Å². The first kappa shape index (κ1) is 7.38. The number of nitrogens with zero attached hydrogens (tertiary/aromatic N) is 3. The van der Waals surface area contributed by atoms with E-state index >= 15 is 0 Å². The molecule has 6 heteroatoms. The molecule has 12 heavy (non-hydrogen) atoms. The highest BCUT2D eigenvalue weighted by Crippen LogP contribution is 2.18. The maximum absolute atomic E-state index is 5.40. The van der Waals surface area contributed by atoms with Gasteiger partial charge in [-0.3, -0.25) is 0 Å². The Morgan fingerprint density at radius 2 is 2.50 bits per heavy atom. The molecule has 2 rings (SSSR count). The normalized spacial score (nSPS) is 10.4. The lowest BCUT2D eigenvalue weighted by molar-refractivity contribution is 0.429. The van der Waals surface area contributed by atoms with E-state index < -0.39 is 0 Å². The minimum Gasteiger partial charge on any atom is -0.333 e. The van der Waals surface area contributed by atoms with Gasteiger partial charge in [0.05, 0.1) is 0 Å². The molecular weight excluding hydrogens is 176 g/mol. The van der Waals surface area contributed by atoms with Gasteiger partial charge in [-0.25, -0.2) is 4.98 Å². The minimum absolute atomic E-state index is 0.436. The standard InChI is InChI=1S/C6H6N4OS/c7-1-5-10-4(2-12-5)6-8-3-9-11-6/h2-3H,1,7H2. The fourth-order valence-electron chi connectivity index (χ4n) is 0.789. The average molecular weight is 182 g/mol. The van der Waals surface area contributed by atoms with Crippen LogP contribution in [-0.2, 0) is 6.54 Å². The Hall–Kier alpha value is -1.27. The Bertz CT molecular complexity index is 355. The van der Waals surface area contributed by atoms with E-state index in [-0.39, 0.29) is 0 Å². The third-order valence-corrected chi connectivity index (χ3v) is 2.18. The van der Waals surface area contributed by atoms with Crippen molar-refractivity contribution in [3.8, 4) is 11.6 Å². The van der Waals surface area contributed by atoms with Gasteiger partial charge in [0.25, 0.3) is 5.89 Å². The van der Waals surface area contributed by atoms with Crippen LogP contribution < -0.4 is 5.73 Å². The zero-order chi connectivity index (χ0) is 8.39. The molecule has 0 unspecified atom stereocenters. The van der Waals surface area contributed by atoms with Crippen molar-refractivity contribution in [1.82, 2.24) is 15.1 Å². The van der Waals surface area contributed by atoms with Crippen molar-refractivity contribution in [3.05, 3.63) is 16.7 Å². The van der Waals surface area contributed by atoms with Crippen molar-refractivity contribution in [2.75, 3.05) is 0 Å². The van der Waals surface area contributed by atoms with Gasteiger partial charge in [-0.1, -0.05) is 5.16 Å². The Morgan fingerprint density at radius 1 is 1.58 bits per heavy atom. The molecule has 2 heterocycles. The molecule has 5 nitrogen and oxygen atoms in total. The topological polar surface area (TPSA) is 77.8 Å². The van der Waals surface area contributed by atoms with Crippen LogP contribution in [0.25, 0.3) is 11.6 Å². The molecule has 0 saturated carbocycles. The third-order valence-electron chi connectivity index (χ3n) is 1.31. The van der Waals surface area contributed by atoms with E-state index in [2.05, 4.69) is 15.1 Å². The van der Waals surface area contributed by atoms with E-state index in [1.165, 1.54) is 17.7 Å². The highest BCUT2D eigenvalue weighted by molar-refractivity contribution is 7.09. The second kappa shape index (κ2) is 3.00. The molecule has 0 amide bonds. The van der Waals surface area contributed by atoms with E-state index in [1.807, 2.05) is 5.38 Å². The number of hydrogen-bond donors (Lipinski definition) is 1. The Labute approximate surface area is 72.2 Å². The molecule has 0 aliphatic heterocycles. The van der Waals surface area contributed by atoms with Crippen molar-refractivity contribution >= 4 is 11.3 Å². The number of hydrogen-bond acceptors (Lipinski definition) is 6. The molecule has 0 aromatic carbocycles. The molecule has 62 valence electrons. The van der Waals surface area contributed by atoms with Crippen LogP contribution in [-0.4, -0.2) is 15.1 Å². The highest BCUT2D eigenvalue weighted by atomic mass is 32.1. The van der Waals surface area contributed by atoms with Gasteiger partial charge < -0.3 is 10.3 Å². The second-order valence-corrected chi connectivity index (χ2v) is 3.02. The van der Waals surface area contributed by atoms with Gasteiger partial charge in [0.15, 0.2) is 6.33 Å². The fourth-order valence-corrected chi connectivity index (χ4v) is 1.44. The SMILES string of the molecule is NCc1nc(-c2ncno2)cs1. The van der Waals surface area contributed by atoms with Crippen LogP contribution in [0.1, 0.15) is 5.01 Å². The second-order valence-electron chi connectivity index (χ2n) is 2.08. The van der Waals surface area contributed by atoms with Gasteiger partial charge in [-0.05, 0) is 0 Å². The quantitative estimate of drug-likeness (QED) is 0.737. The summed E-state index contributed by atoms with van der Waals surface area (Å²) >= 11 is 1.48. The zero-order valence-electron chi connectivity index (χ0n) is 6.10. The van der Waals surface area contributed by atoms with Crippen LogP contribution in [0.5, 0.6) is 0 Å². The molecule has 2 aromatic rings. The molecule has 0 fully saturated rings. The van der Waals surface area contributed by atoms with E-state index in [4.69, 9.17) is 10.3 Å². The third kappa shape index (κ3) is 1.21. The van der Waals surface area contributed by atoms with E-state index in [1.54, 1.807) is 0 Å². The van der Waals surface area contributed by atoms with Gasteiger partial charge in [0, 0.05) is 11.9 Å². The average Bonchev–Trinajstić information content (AvgIpc) is 2.75. The summed E-state index contributed by atoms with van der Waals surface area (Å²) in [6.07, 6.45) is 1.34. The first-order chi connectivity index (χ1) is 5.90. The fraction of sp³-hybridized carbons (Fsp3) is 0.167. The number of thiazole rings is 1. The monoisotopic (exact) mass is 182 g/mol. The summed E-state index contributed by atoms with van der Waals surface area (Å²) < 4.78 is 4.82. The van der Waals surface area contributed by atoms with Gasteiger partial charge in [0.2, 0.25) is 0 Å². The summed E-state index contributed by atoms with van der Waals surface area (Å²) in [6, 6.07) is 0. The molecule has 0 atom stereocenters. The lowest BCUT2D eigenvalue weighted by atomic mass is 10.5. The molecule has 2 N–H and O–H groups in total. The van der Waals surface area contributed by atoms with Crippen LogP contribution in [0.4, 0.5) is 0 Å². The van der Waals surface area contributed by atoms with Crippen molar-refractivity contribution in [1.29, 1.82) is 0 Å². The highest BCUT2D eigenvalue weighted by Gasteiger charge is 2.07. The Morgan fingerprint density at radius 3 is 3.08 bits per heavy atom. The molecule has 0 radical (unpaired) electrons. The van der Waals surface area contributed by atoms with Gasteiger partial charge in [-0.15, -0.1) is 11.3 Å². The lowest BCUT2D eigenvalue weighted by Crippen LogP contribution is -1.94. The van der Waals surface area contributed by atoms with Crippen molar-refractivity contribution in [3.63, 3.8) is 0 Å². The molecule has 2 aromatic heterocycles. The van der Waals surface area contributed by atoms with Crippen molar-refractivity contribution in [2.45, 2.75) is 6.54 Å². The first-order valence-electron chi connectivity index (χ1n) is 3.31. The molecule has 0 bridgehead atoms. The smallest absolute Gasteiger partial charge is 0.277 e. The predicted molar refractivity (Wildman–Crippen MR) is 43.3 cm³/mol. The van der Waals surface area contributed by atoms with Crippen LogP contribution >= 0.6 is 11.3 Å². The summed E-state index contributed by atoms with van der Waals surface area (Å²) in [5.74, 6) is 0.436. The lowest BCUT2D eigenvalue weighted by Gasteiger charge is -1.83. The zero-order valence-corrected chi connectivity index (χ0v) is 6.91. The summed E-state index contributed by atoms with van der Waals surface area (Å²) in [5, 5.41) is 6.19. The van der Waals surface area contributed by atoms with Crippen molar-refractivity contribution in [2.24, 2.45) is 5.73 Å². The van der Waals surface area contributed by atoms with Crippen LogP contribution in [0, 0.1) is 0 Å². The van der Waals surface area contributed by atoms with Gasteiger partial charge >= 0.3 is 0 Å². The molecule has 0 aliphatic rings. The van der Waals surface area contributed by atoms with Crippen LogP contribution in [0.2, 0.25) is 0 Å².